The highest BCUT2D eigenvalue weighted by Crippen LogP contribution is 2.40. The Bertz CT molecular complexity index is 693. The summed E-state index contributed by atoms with van der Waals surface area (Å²) >= 11 is 0. The number of hydrogen-bond donors (Lipinski definition) is 0. The molecule has 3 heteroatoms. The average Bonchev–Trinajstić information content (AvgIpc) is 2.87. The van der Waals surface area contributed by atoms with Crippen molar-refractivity contribution in [2.75, 3.05) is 11.9 Å². The van der Waals surface area contributed by atoms with Crippen LogP contribution in [0.3, 0.4) is 0 Å². The maximum atomic E-state index is 4.75. The van der Waals surface area contributed by atoms with E-state index in [0.717, 1.165) is 11.5 Å². The van der Waals surface area contributed by atoms with Crippen LogP contribution in [0.15, 0.2) is 48.1 Å². The Morgan fingerprint density at radius 1 is 1.17 bits per heavy atom. The van der Waals surface area contributed by atoms with Crippen molar-refractivity contribution in [3.63, 3.8) is 0 Å². The van der Waals surface area contributed by atoms with Crippen molar-refractivity contribution in [2.24, 2.45) is 0 Å². The smallest absolute Gasteiger partial charge is 0.207 e. The highest BCUT2D eigenvalue weighted by molar-refractivity contribution is 5.80. The topological polar surface area (TPSA) is 21.1 Å². The number of imidazole rings is 1. The van der Waals surface area contributed by atoms with Crippen molar-refractivity contribution >= 4 is 17.0 Å². The Balaban J connectivity index is 2.01. The number of allylic oxidation sites excluding steroid dienone is 2. The third kappa shape index (κ3) is 1.11. The largest absolute Gasteiger partial charge is 0.336 e. The second-order valence-electron chi connectivity index (χ2n) is 5.13. The number of rotatable bonds is 0. The summed E-state index contributed by atoms with van der Waals surface area (Å²) in [5, 5.41) is 0. The Morgan fingerprint density at radius 2 is 2.00 bits per heavy atom. The summed E-state index contributed by atoms with van der Waals surface area (Å²) in [6.07, 6.45) is 6.82. The molecule has 2 atom stereocenters. The molecule has 0 amide bonds. The molecular formula is C15H15N3. The predicted octanol–water partition coefficient (Wildman–Crippen LogP) is 2.91. The van der Waals surface area contributed by atoms with Crippen molar-refractivity contribution in [3.05, 3.63) is 48.1 Å². The molecule has 3 nitrogen and oxygen atoms in total. The van der Waals surface area contributed by atoms with Gasteiger partial charge in [-0.1, -0.05) is 35.9 Å². The Labute approximate surface area is 106 Å². The first-order chi connectivity index (χ1) is 8.75. The second kappa shape index (κ2) is 3.25. The quantitative estimate of drug-likeness (QED) is 0.702. The minimum Gasteiger partial charge on any atom is -0.336 e. The van der Waals surface area contributed by atoms with Crippen LogP contribution in [-0.2, 0) is 0 Å². The van der Waals surface area contributed by atoms with Gasteiger partial charge in [-0.05, 0) is 19.1 Å². The van der Waals surface area contributed by atoms with Crippen molar-refractivity contribution in [3.8, 4) is 0 Å². The van der Waals surface area contributed by atoms with E-state index in [1.165, 1.54) is 11.1 Å². The number of benzene rings is 1. The number of para-hydroxylation sites is 2. The first-order valence-corrected chi connectivity index (χ1v) is 6.32. The molecule has 2 aromatic rings. The molecule has 0 saturated heterocycles. The SMILES string of the molecule is CC1=CC2C(C=C1)N(C)c1nc3ccccc3n12. The molecule has 0 N–H and O–H groups in total. The van der Waals surface area contributed by atoms with Gasteiger partial charge in [0.1, 0.15) is 0 Å². The van der Waals surface area contributed by atoms with Crippen LogP contribution in [0.2, 0.25) is 0 Å². The van der Waals surface area contributed by atoms with Gasteiger partial charge in [-0.15, -0.1) is 0 Å². The monoisotopic (exact) mass is 237 g/mol. The zero-order valence-electron chi connectivity index (χ0n) is 10.5. The predicted molar refractivity (Wildman–Crippen MR) is 73.9 cm³/mol. The van der Waals surface area contributed by atoms with E-state index < -0.39 is 0 Å². The van der Waals surface area contributed by atoms with Crippen molar-refractivity contribution in [2.45, 2.75) is 19.0 Å². The molecule has 18 heavy (non-hydrogen) atoms. The number of aromatic nitrogens is 2. The lowest BCUT2D eigenvalue weighted by molar-refractivity contribution is 0.611. The van der Waals surface area contributed by atoms with Crippen LogP contribution in [0, 0.1) is 0 Å². The van der Waals surface area contributed by atoms with Crippen LogP contribution in [0.25, 0.3) is 11.0 Å². The van der Waals surface area contributed by atoms with E-state index in [1.54, 1.807) is 0 Å². The molecule has 0 spiro atoms. The molecule has 4 rings (SSSR count). The van der Waals surface area contributed by atoms with E-state index in [-0.39, 0.29) is 0 Å². The van der Waals surface area contributed by atoms with Gasteiger partial charge in [0.15, 0.2) is 0 Å². The van der Waals surface area contributed by atoms with E-state index in [4.69, 9.17) is 4.98 Å². The average molecular weight is 237 g/mol. The standard InChI is InChI=1S/C15H15N3/c1-10-7-8-13-14(9-10)18-12-6-4-3-5-11(12)16-15(18)17(13)2/h3-9,13-14H,1-2H3. The zero-order chi connectivity index (χ0) is 12.3. The normalized spacial score (nSPS) is 25.2. The molecule has 0 radical (unpaired) electrons. The van der Waals surface area contributed by atoms with E-state index >= 15 is 0 Å². The first-order valence-electron chi connectivity index (χ1n) is 6.32. The molecule has 90 valence electrons. The van der Waals surface area contributed by atoms with Crippen molar-refractivity contribution in [1.82, 2.24) is 9.55 Å². The number of fused-ring (bicyclic) bond motifs is 5. The van der Waals surface area contributed by atoms with Gasteiger partial charge in [0, 0.05) is 7.05 Å². The molecule has 0 saturated carbocycles. The minimum atomic E-state index is 0.377. The lowest BCUT2D eigenvalue weighted by Gasteiger charge is -2.24. The maximum absolute atomic E-state index is 4.75. The summed E-state index contributed by atoms with van der Waals surface area (Å²) in [5.41, 5.74) is 3.64. The minimum absolute atomic E-state index is 0.377. The fraction of sp³-hybridized carbons (Fsp3) is 0.267. The van der Waals surface area contributed by atoms with Gasteiger partial charge in [0.2, 0.25) is 5.95 Å². The molecular weight excluding hydrogens is 222 g/mol. The summed E-state index contributed by atoms with van der Waals surface area (Å²) in [5.74, 6) is 1.07. The third-order valence-corrected chi connectivity index (χ3v) is 3.98. The molecule has 0 bridgehead atoms. The van der Waals surface area contributed by atoms with Gasteiger partial charge in [-0.3, -0.25) is 0 Å². The molecule has 1 aliphatic heterocycles. The second-order valence-corrected chi connectivity index (χ2v) is 5.13. The lowest BCUT2D eigenvalue weighted by Crippen LogP contribution is -2.30. The summed E-state index contributed by atoms with van der Waals surface area (Å²) in [6.45, 7) is 2.16. The first kappa shape index (κ1) is 9.95. The van der Waals surface area contributed by atoms with Crippen molar-refractivity contribution in [1.29, 1.82) is 0 Å². The van der Waals surface area contributed by atoms with Gasteiger partial charge in [-0.2, -0.15) is 0 Å². The van der Waals surface area contributed by atoms with Crippen LogP contribution in [0.4, 0.5) is 5.95 Å². The van der Waals surface area contributed by atoms with E-state index in [1.807, 2.05) is 6.07 Å². The molecule has 1 aliphatic carbocycles. The van der Waals surface area contributed by atoms with E-state index in [2.05, 4.69) is 59.9 Å². The van der Waals surface area contributed by atoms with Crippen LogP contribution < -0.4 is 4.90 Å². The number of anilines is 1. The number of nitrogens with zero attached hydrogens (tertiary/aromatic N) is 3. The zero-order valence-corrected chi connectivity index (χ0v) is 10.5. The highest BCUT2D eigenvalue weighted by atomic mass is 15.4. The van der Waals surface area contributed by atoms with E-state index in [9.17, 15) is 0 Å². The Morgan fingerprint density at radius 3 is 2.89 bits per heavy atom. The fourth-order valence-corrected chi connectivity index (χ4v) is 3.08. The summed E-state index contributed by atoms with van der Waals surface area (Å²) in [7, 11) is 2.13. The van der Waals surface area contributed by atoms with Gasteiger partial charge in [0.25, 0.3) is 0 Å². The van der Waals surface area contributed by atoms with E-state index in [0.29, 0.717) is 12.1 Å². The lowest BCUT2D eigenvalue weighted by atomic mass is 9.99. The van der Waals surface area contributed by atoms with Crippen LogP contribution in [0.1, 0.15) is 13.0 Å². The number of likely N-dealkylation sites (N-methyl/N-ethyl adjacent to an activating group) is 1. The van der Waals surface area contributed by atoms with Crippen LogP contribution in [-0.4, -0.2) is 22.6 Å². The van der Waals surface area contributed by atoms with Gasteiger partial charge in [0.05, 0.1) is 23.1 Å². The molecule has 2 heterocycles. The Kier molecular flexibility index (Phi) is 1.80. The summed E-state index contributed by atoms with van der Waals surface area (Å²) in [4.78, 5) is 7.02. The van der Waals surface area contributed by atoms with Gasteiger partial charge >= 0.3 is 0 Å². The Hall–Kier alpha value is -2.03. The molecule has 1 aromatic heterocycles. The third-order valence-electron chi connectivity index (χ3n) is 3.98. The fourth-order valence-electron chi connectivity index (χ4n) is 3.08. The van der Waals surface area contributed by atoms with Crippen LogP contribution >= 0.6 is 0 Å². The molecule has 0 fully saturated rings. The molecule has 1 aromatic carbocycles. The molecule has 2 aliphatic rings. The van der Waals surface area contributed by atoms with Gasteiger partial charge < -0.3 is 9.47 Å². The molecule has 2 unspecified atom stereocenters. The number of hydrogen-bond acceptors (Lipinski definition) is 2. The maximum Gasteiger partial charge on any atom is 0.207 e. The van der Waals surface area contributed by atoms with Crippen molar-refractivity contribution < 1.29 is 0 Å². The highest BCUT2D eigenvalue weighted by Gasteiger charge is 2.37. The summed E-state index contributed by atoms with van der Waals surface area (Å²) < 4.78 is 2.35. The van der Waals surface area contributed by atoms with Crippen LogP contribution in [0.5, 0.6) is 0 Å². The van der Waals surface area contributed by atoms with Gasteiger partial charge in [-0.25, -0.2) is 4.98 Å². The summed E-state index contributed by atoms with van der Waals surface area (Å²) in [6, 6.07) is 9.15.